The number of hydrogen-bond acceptors (Lipinski definition) is 3. The molecule has 15 heavy (non-hydrogen) atoms. The smallest absolute Gasteiger partial charge is 0.310 e. The average molecular weight is 207 g/mol. The van der Waals surface area contributed by atoms with Gasteiger partial charge in [-0.1, -0.05) is 0 Å². The molecule has 1 heterocycles. The highest BCUT2D eigenvalue weighted by molar-refractivity contribution is 5.42. The summed E-state index contributed by atoms with van der Waals surface area (Å²) in [6, 6.07) is 1.81. The summed E-state index contributed by atoms with van der Waals surface area (Å²) in [7, 11) is 0. The summed E-state index contributed by atoms with van der Waals surface area (Å²) in [5.74, 6) is 1.43. The molecule has 0 spiro atoms. The van der Waals surface area contributed by atoms with E-state index >= 15 is 0 Å². The SMILES string of the molecule is Cc1cc(NC2(C3CC3)CC2)nc(F)n1. The molecule has 1 aromatic rings. The van der Waals surface area contributed by atoms with Gasteiger partial charge in [-0.25, -0.2) is 4.98 Å². The van der Waals surface area contributed by atoms with E-state index in [1.807, 2.05) is 6.07 Å². The highest BCUT2D eigenvalue weighted by atomic mass is 19.1. The highest BCUT2D eigenvalue weighted by Gasteiger charge is 2.54. The van der Waals surface area contributed by atoms with Crippen molar-refractivity contribution in [1.29, 1.82) is 0 Å². The summed E-state index contributed by atoms with van der Waals surface area (Å²) in [4.78, 5) is 7.41. The molecule has 1 N–H and O–H groups in total. The molecule has 0 amide bonds. The van der Waals surface area contributed by atoms with Gasteiger partial charge in [-0.15, -0.1) is 0 Å². The van der Waals surface area contributed by atoms with Gasteiger partial charge in [-0.2, -0.15) is 9.37 Å². The third-order valence-corrected chi connectivity index (χ3v) is 3.35. The number of aromatic nitrogens is 2. The number of nitrogens with one attached hydrogen (secondary N) is 1. The highest BCUT2D eigenvalue weighted by Crippen LogP contribution is 2.55. The molecule has 3 rings (SSSR count). The van der Waals surface area contributed by atoms with Crippen LogP contribution in [0.2, 0.25) is 0 Å². The lowest BCUT2D eigenvalue weighted by Crippen LogP contribution is -2.24. The predicted molar refractivity (Wildman–Crippen MR) is 55.0 cm³/mol. The number of aryl methyl sites for hydroxylation is 1. The standard InChI is InChI=1S/C11H14FN3/c1-7-6-9(14-10(12)13-7)15-11(4-5-11)8-2-3-8/h6,8H,2-5H2,1H3,(H,13,14,15). The Bertz CT molecular complexity index is 377. The summed E-state index contributed by atoms with van der Waals surface area (Å²) >= 11 is 0. The summed E-state index contributed by atoms with van der Waals surface area (Å²) in [6.07, 6.45) is 4.37. The molecule has 2 aliphatic carbocycles. The predicted octanol–water partition coefficient (Wildman–Crippen LogP) is 2.28. The Balaban J connectivity index is 1.81. The zero-order valence-corrected chi connectivity index (χ0v) is 8.76. The molecular formula is C11H14FN3. The van der Waals surface area contributed by atoms with Gasteiger partial charge < -0.3 is 5.32 Å². The van der Waals surface area contributed by atoms with Crippen LogP contribution in [0.5, 0.6) is 0 Å². The lowest BCUT2D eigenvalue weighted by atomic mass is 10.1. The molecule has 80 valence electrons. The largest absolute Gasteiger partial charge is 0.364 e. The van der Waals surface area contributed by atoms with E-state index in [0.717, 1.165) is 5.92 Å². The Kier molecular flexibility index (Phi) is 1.75. The van der Waals surface area contributed by atoms with Crippen molar-refractivity contribution in [2.45, 2.75) is 38.1 Å². The Morgan fingerprint density at radius 2 is 2.13 bits per heavy atom. The molecule has 0 atom stereocenters. The van der Waals surface area contributed by atoms with Gasteiger partial charge in [0.05, 0.1) is 0 Å². The Morgan fingerprint density at radius 3 is 2.67 bits per heavy atom. The van der Waals surface area contributed by atoms with Crippen molar-refractivity contribution < 1.29 is 4.39 Å². The van der Waals surface area contributed by atoms with Crippen LogP contribution in [-0.2, 0) is 0 Å². The summed E-state index contributed by atoms with van der Waals surface area (Å²) in [5.41, 5.74) is 0.921. The van der Waals surface area contributed by atoms with Crippen LogP contribution in [0.3, 0.4) is 0 Å². The summed E-state index contributed by atoms with van der Waals surface area (Å²) in [6.45, 7) is 1.78. The maximum atomic E-state index is 13.0. The van der Waals surface area contributed by atoms with Crippen molar-refractivity contribution in [3.8, 4) is 0 Å². The van der Waals surface area contributed by atoms with Gasteiger partial charge in [0.25, 0.3) is 0 Å². The van der Waals surface area contributed by atoms with Crippen molar-refractivity contribution in [2.75, 3.05) is 5.32 Å². The molecule has 0 bridgehead atoms. The molecule has 1 aromatic heterocycles. The minimum atomic E-state index is -0.635. The van der Waals surface area contributed by atoms with E-state index in [2.05, 4.69) is 15.3 Å². The molecule has 0 aliphatic heterocycles. The van der Waals surface area contributed by atoms with Gasteiger partial charge in [0.1, 0.15) is 5.82 Å². The molecule has 0 radical (unpaired) electrons. The van der Waals surface area contributed by atoms with Crippen molar-refractivity contribution in [3.05, 3.63) is 17.8 Å². The topological polar surface area (TPSA) is 37.8 Å². The van der Waals surface area contributed by atoms with Crippen LogP contribution >= 0.6 is 0 Å². The quantitative estimate of drug-likeness (QED) is 0.773. The fourth-order valence-electron chi connectivity index (χ4n) is 2.26. The van der Waals surface area contributed by atoms with E-state index in [-0.39, 0.29) is 5.54 Å². The van der Waals surface area contributed by atoms with E-state index in [0.29, 0.717) is 11.5 Å². The van der Waals surface area contributed by atoms with Gasteiger partial charge in [-0.05, 0) is 38.5 Å². The zero-order valence-electron chi connectivity index (χ0n) is 8.76. The second kappa shape index (κ2) is 2.90. The van der Waals surface area contributed by atoms with Gasteiger partial charge in [0, 0.05) is 17.3 Å². The maximum Gasteiger partial charge on any atom is 0.310 e. The van der Waals surface area contributed by atoms with Crippen molar-refractivity contribution in [2.24, 2.45) is 5.92 Å². The lowest BCUT2D eigenvalue weighted by molar-refractivity contribution is 0.533. The van der Waals surface area contributed by atoms with Crippen molar-refractivity contribution in [3.63, 3.8) is 0 Å². The van der Waals surface area contributed by atoms with E-state index < -0.39 is 6.08 Å². The second-order valence-electron chi connectivity index (χ2n) is 4.72. The number of halogens is 1. The fraction of sp³-hybridized carbons (Fsp3) is 0.636. The Hall–Kier alpha value is -1.19. The first-order valence-corrected chi connectivity index (χ1v) is 5.47. The summed E-state index contributed by atoms with van der Waals surface area (Å²) < 4.78 is 13.0. The molecule has 2 aliphatic rings. The van der Waals surface area contributed by atoms with Crippen LogP contribution in [0, 0.1) is 18.9 Å². The van der Waals surface area contributed by atoms with Crippen molar-refractivity contribution in [1.82, 2.24) is 9.97 Å². The minimum absolute atomic E-state index is 0.243. The van der Waals surface area contributed by atoms with Crippen LogP contribution in [0.1, 0.15) is 31.4 Å². The molecule has 2 fully saturated rings. The Labute approximate surface area is 88.1 Å². The van der Waals surface area contributed by atoms with E-state index in [4.69, 9.17) is 0 Å². The normalized spacial score (nSPS) is 22.5. The zero-order chi connectivity index (χ0) is 10.5. The molecule has 0 saturated heterocycles. The van der Waals surface area contributed by atoms with E-state index in [9.17, 15) is 4.39 Å². The van der Waals surface area contributed by atoms with Crippen LogP contribution in [0.4, 0.5) is 10.2 Å². The molecule has 0 unspecified atom stereocenters. The fourth-order valence-corrected chi connectivity index (χ4v) is 2.26. The summed E-state index contributed by atoms with van der Waals surface area (Å²) in [5, 5.41) is 3.38. The molecule has 4 heteroatoms. The number of anilines is 1. The van der Waals surface area contributed by atoms with Crippen molar-refractivity contribution >= 4 is 5.82 Å². The van der Waals surface area contributed by atoms with Gasteiger partial charge in [0.2, 0.25) is 0 Å². The number of nitrogens with zero attached hydrogens (tertiary/aromatic N) is 2. The van der Waals surface area contributed by atoms with E-state index in [1.54, 1.807) is 6.92 Å². The first-order valence-electron chi connectivity index (χ1n) is 5.47. The monoisotopic (exact) mass is 207 g/mol. The molecular weight excluding hydrogens is 193 g/mol. The lowest BCUT2D eigenvalue weighted by Gasteiger charge is -2.17. The second-order valence-corrected chi connectivity index (χ2v) is 4.72. The minimum Gasteiger partial charge on any atom is -0.364 e. The Morgan fingerprint density at radius 1 is 1.40 bits per heavy atom. The van der Waals surface area contributed by atoms with Gasteiger partial charge >= 0.3 is 6.08 Å². The maximum absolute atomic E-state index is 13.0. The molecule has 3 nitrogen and oxygen atoms in total. The average Bonchev–Trinajstić information content (AvgIpc) is 2.96. The first-order chi connectivity index (χ1) is 7.18. The van der Waals surface area contributed by atoms with Gasteiger partial charge in [0.15, 0.2) is 0 Å². The number of rotatable bonds is 3. The van der Waals surface area contributed by atoms with Gasteiger partial charge in [-0.3, -0.25) is 0 Å². The van der Waals surface area contributed by atoms with E-state index in [1.165, 1.54) is 25.7 Å². The van der Waals surface area contributed by atoms with Crippen LogP contribution in [0.15, 0.2) is 6.07 Å². The third kappa shape index (κ3) is 1.68. The van der Waals surface area contributed by atoms with Crippen LogP contribution < -0.4 is 5.32 Å². The molecule has 0 aromatic carbocycles. The first kappa shape index (κ1) is 9.07. The number of hydrogen-bond donors (Lipinski definition) is 1. The van der Waals surface area contributed by atoms with Crippen LogP contribution in [-0.4, -0.2) is 15.5 Å². The third-order valence-electron chi connectivity index (χ3n) is 3.35. The van der Waals surface area contributed by atoms with Crippen LogP contribution in [0.25, 0.3) is 0 Å². The molecule has 2 saturated carbocycles.